The summed E-state index contributed by atoms with van der Waals surface area (Å²) in [5.74, 6) is 0.582. The van der Waals surface area contributed by atoms with Gasteiger partial charge < -0.3 is 9.47 Å². The molecule has 0 radical (unpaired) electrons. The van der Waals surface area contributed by atoms with E-state index < -0.39 is 17.9 Å². The summed E-state index contributed by atoms with van der Waals surface area (Å²) in [4.78, 5) is 25.1. The van der Waals surface area contributed by atoms with Crippen molar-refractivity contribution < 1.29 is 19.1 Å². The third-order valence-electron chi connectivity index (χ3n) is 4.84. The smallest absolute Gasteiger partial charge is 0.279 e. The van der Waals surface area contributed by atoms with Crippen LogP contribution in [0.25, 0.3) is 10.8 Å². The number of hydrogen-bond acceptors (Lipinski definition) is 4. The van der Waals surface area contributed by atoms with E-state index in [0.29, 0.717) is 29.6 Å². The van der Waals surface area contributed by atoms with Crippen LogP contribution in [0.3, 0.4) is 0 Å². The topological polar surface area (TPSA) is 76.7 Å². The van der Waals surface area contributed by atoms with E-state index in [1.807, 2.05) is 42.5 Å². The Labute approximate surface area is 196 Å². The van der Waals surface area contributed by atoms with Crippen molar-refractivity contribution >= 4 is 38.5 Å². The molecule has 32 heavy (non-hydrogen) atoms. The molecule has 0 saturated carbocycles. The molecule has 0 aliphatic heterocycles. The molecule has 0 fully saturated rings. The Kier molecular flexibility index (Phi) is 8.11. The van der Waals surface area contributed by atoms with Gasteiger partial charge in [0.2, 0.25) is 0 Å². The van der Waals surface area contributed by atoms with Gasteiger partial charge in [-0.1, -0.05) is 60.1 Å². The molecule has 0 spiro atoms. The van der Waals surface area contributed by atoms with Gasteiger partial charge in [-0.25, -0.2) is 0 Å². The van der Waals surface area contributed by atoms with Gasteiger partial charge in [0.25, 0.3) is 11.8 Å². The monoisotopic (exact) mass is 498 g/mol. The molecular formula is C25H27BrN2O4. The fourth-order valence-electron chi connectivity index (χ4n) is 3.00. The molecule has 1 unspecified atom stereocenters. The lowest BCUT2D eigenvalue weighted by atomic mass is 10.1. The van der Waals surface area contributed by atoms with Crippen molar-refractivity contribution in [1.82, 2.24) is 10.9 Å². The minimum atomic E-state index is -0.805. The van der Waals surface area contributed by atoms with E-state index >= 15 is 0 Å². The van der Waals surface area contributed by atoms with E-state index in [2.05, 4.69) is 40.6 Å². The van der Waals surface area contributed by atoms with Gasteiger partial charge in [-0.05, 0) is 60.4 Å². The molecule has 0 bridgehead atoms. The highest BCUT2D eigenvalue weighted by Crippen LogP contribution is 2.24. The molecule has 0 aliphatic rings. The average molecular weight is 499 g/mol. The Bertz CT molecular complexity index is 1100. The molecule has 0 saturated heterocycles. The van der Waals surface area contributed by atoms with E-state index in [1.165, 1.54) is 0 Å². The number of carbonyl (C=O) groups excluding carboxylic acids is 2. The summed E-state index contributed by atoms with van der Waals surface area (Å²) in [5, 5.41) is 2.11. The van der Waals surface area contributed by atoms with E-state index in [9.17, 15) is 9.59 Å². The highest BCUT2D eigenvalue weighted by molar-refractivity contribution is 9.10. The normalized spacial score (nSPS) is 11.8. The van der Waals surface area contributed by atoms with Gasteiger partial charge in [-0.15, -0.1) is 0 Å². The molecule has 3 rings (SSSR count). The number of ether oxygens (including phenoxy) is 2. The molecule has 3 aromatic rings. The first-order valence-corrected chi connectivity index (χ1v) is 11.3. The van der Waals surface area contributed by atoms with Crippen molar-refractivity contribution in [3.05, 3.63) is 70.7 Å². The summed E-state index contributed by atoms with van der Waals surface area (Å²) in [6.45, 7) is 6.34. The Hall–Kier alpha value is -3.06. The molecule has 3 aromatic carbocycles. The highest BCUT2D eigenvalue weighted by Gasteiger charge is 2.18. The number of halogens is 1. The zero-order valence-corrected chi connectivity index (χ0v) is 19.9. The molecule has 0 heterocycles. The Morgan fingerprint density at radius 1 is 0.938 bits per heavy atom. The predicted octanol–water partition coefficient (Wildman–Crippen LogP) is 5.26. The van der Waals surface area contributed by atoms with Gasteiger partial charge in [0.15, 0.2) is 6.10 Å². The summed E-state index contributed by atoms with van der Waals surface area (Å²) >= 11 is 3.37. The number of amides is 2. The van der Waals surface area contributed by atoms with Crippen LogP contribution in [0.2, 0.25) is 0 Å². The maximum atomic E-state index is 12.7. The number of hydrazine groups is 1. The Balaban J connectivity index is 1.58. The molecule has 168 valence electrons. The Morgan fingerprint density at radius 2 is 1.69 bits per heavy atom. The molecule has 0 aliphatic carbocycles. The number of carbonyl (C=O) groups is 2. The molecule has 1 atom stereocenters. The number of fused-ring (bicyclic) bond motifs is 1. The van der Waals surface area contributed by atoms with Gasteiger partial charge in [0.1, 0.15) is 11.5 Å². The quantitative estimate of drug-likeness (QED) is 0.415. The lowest BCUT2D eigenvalue weighted by molar-refractivity contribution is -0.128. The van der Waals surface area contributed by atoms with Gasteiger partial charge in [0, 0.05) is 4.47 Å². The van der Waals surface area contributed by atoms with Crippen LogP contribution in [0.5, 0.6) is 11.5 Å². The van der Waals surface area contributed by atoms with Crippen LogP contribution in [-0.4, -0.2) is 24.5 Å². The second-order valence-corrected chi connectivity index (χ2v) is 8.80. The first kappa shape index (κ1) is 23.6. The first-order chi connectivity index (χ1) is 15.3. The minimum Gasteiger partial charge on any atom is -0.493 e. The average Bonchev–Trinajstić information content (AvgIpc) is 2.77. The summed E-state index contributed by atoms with van der Waals surface area (Å²) in [6, 6.07) is 18.7. The van der Waals surface area contributed by atoms with Crippen LogP contribution >= 0.6 is 15.9 Å². The number of hydrogen-bond donors (Lipinski definition) is 2. The largest absolute Gasteiger partial charge is 0.493 e. The van der Waals surface area contributed by atoms with Crippen LogP contribution in [0.4, 0.5) is 0 Å². The summed E-state index contributed by atoms with van der Waals surface area (Å²) in [7, 11) is 0. The maximum Gasteiger partial charge on any atom is 0.279 e. The lowest BCUT2D eigenvalue weighted by Gasteiger charge is -2.17. The molecule has 2 amide bonds. The molecule has 2 N–H and O–H groups in total. The highest BCUT2D eigenvalue weighted by atomic mass is 79.9. The van der Waals surface area contributed by atoms with Gasteiger partial charge in [-0.3, -0.25) is 20.4 Å². The standard InChI is InChI=1S/C25H27BrN2O4/c1-16(2)12-13-31-23-11-9-20(26)15-22(23)25(30)28-27-24(29)17(3)32-21-10-8-18-6-4-5-7-19(18)14-21/h4-11,14-17H,12-13H2,1-3H3,(H,27,29)(H,28,30). The van der Waals surface area contributed by atoms with Crippen LogP contribution in [0.15, 0.2) is 65.1 Å². The molecule has 0 aromatic heterocycles. The van der Waals surface area contributed by atoms with Crippen molar-refractivity contribution in [3.8, 4) is 11.5 Å². The lowest BCUT2D eigenvalue weighted by Crippen LogP contribution is -2.47. The minimum absolute atomic E-state index is 0.325. The number of benzene rings is 3. The SMILES string of the molecule is CC(C)CCOc1ccc(Br)cc1C(=O)NNC(=O)C(C)Oc1ccc2ccccc2c1. The van der Waals surface area contributed by atoms with Crippen LogP contribution in [0, 0.1) is 5.92 Å². The first-order valence-electron chi connectivity index (χ1n) is 10.5. The summed E-state index contributed by atoms with van der Waals surface area (Å²) in [5.41, 5.74) is 5.19. The zero-order chi connectivity index (χ0) is 23.1. The maximum absolute atomic E-state index is 12.7. The van der Waals surface area contributed by atoms with E-state index in [1.54, 1.807) is 25.1 Å². The molecular weight excluding hydrogens is 472 g/mol. The van der Waals surface area contributed by atoms with Crippen molar-refractivity contribution in [3.63, 3.8) is 0 Å². The second kappa shape index (κ2) is 11.0. The van der Waals surface area contributed by atoms with Gasteiger partial charge in [0.05, 0.1) is 12.2 Å². The van der Waals surface area contributed by atoms with Crippen LogP contribution < -0.4 is 20.3 Å². The second-order valence-electron chi connectivity index (χ2n) is 7.88. The van der Waals surface area contributed by atoms with E-state index in [0.717, 1.165) is 21.7 Å². The fraction of sp³-hybridized carbons (Fsp3) is 0.280. The van der Waals surface area contributed by atoms with Crippen molar-refractivity contribution in [2.45, 2.75) is 33.3 Å². The van der Waals surface area contributed by atoms with Crippen molar-refractivity contribution in [1.29, 1.82) is 0 Å². The number of nitrogens with one attached hydrogen (secondary N) is 2. The molecule has 7 heteroatoms. The van der Waals surface area contributed by atoms with E-state index in [-0.39, 0.29) is 0 Å². The van der Waals surface area contributed by atoms with E-state index in [4.69, 9.17) is 9.47 Å². The zero-order valence-electron chi connectivity index (χ0n) is 18.4. The van der Waals surface area contributed by atoms with Gasteiger partial charge in [-0.2, -0.15) is 0 Å². The fourth-order valence-corrected chi connectivity index (χ4v) is 3.36. The Morgan fingerprint density at radius 3 is 2.44 bits per heavy atom. The summed E-state index contributed by atoms with van der Waals surface area (Å²) < 4.78 is 12.3. The predicted molar refractivity (Wildman–Crippen MR) is 129 cm³/mol. The molecule has 6 nitrogen and oxygen atoms in total. The van der Waals surface area contributed by atoms with Crippen LogP contribution in [-0.2, 0) is 4.79 Å². The van der Waals surface area contributed by atoms with Crippen molar-refractivity contribution in [2.75, 3.05) is 6.61 Å². The third-order valence-corrected chi connectivity index (χ3v) is 5.33. The van der Waals surface area contributed by atoms with Gasteiger partial charge >= 0.3 is 0 Å². The van der Waals surface area contributed by atoms with Crippen LogP contribution in [0.1, 0.15) is 37.6 Å². The third kappa shape index (κ3) is 6.47. The van der Waals surface area contributed by atoms with Crippen molar-refractivity contribution in [2.24, 2.45) is 5.92 Å². The number of rotatable bonds is 8. The summed E-state index contributed by atoms with van der Waals surface area (Å²) in [6.07, 6.45) is 0.0676.